The lowest BCUT2D eigenvalue weighted by molar-refractivity contribution is -0.122. The quantitative estimate of drug-likeness (QED) is 0.631. The van der Waals surface area contributed by atoms with Crippen molar-refractivity contribution in [1.29, 1.82) is 0 Å². The van der Waals surface area contributed by atoms with E-state index in [1.807, 2.05) is 49.3 Å². The highest BCUT2D eigenvalue weighted by Crippen LogP contribution is 2.22. The zero-order valence-corrected chi connectivity index (χ0v) is 12.5. The highest BCUT2D eigenvalue weighted by Gasteiger charge is 2.24. The van der Waals surface area contributed by atoms with E-state index in [1.165, 1.54) is 0 Å². The Morgan fingerprint density at radius 3 is 2.86 bits per heavy atom. The zero-order valence-electron chi connectivity index (χ0n) is 12.5. The molecular formula is C16H21N3O2. The summed E-state index contributed by atoms with van der Waals surface area (Å²) in [7, 11) is 3.90. The molecule has 1 aliphatic rings. The molecule has 1 N–H and O–H groups in total. The molecule has 5 heteroatoms. The van der Waals surface area contributed by atoms with E-state index in [0.717, 1.165) is 24.3 Å². The molecule has 1 fully saturated rings. The van der Waals surface area contributed by atoms with E-state index < -0.39 is 0 Å². The fourth-order valence-corrected chi connectivity index (χ4v) is 2.04. The lowest BCUT2D eigenvalue weighted by Crippen LogP contribution is -2.43. The van der Waals surface area contributed by atoms with Gasteiger partial charge >= 0.3 is 0 Å². The third kappa shape index (κ3) is 4.43. The van der Waals surface area contributed by atoms with E-state index in [-0.39, 0.29) is 11.8 Å². The molecule has 0 aromatic heterocycles. The average molecular weight is 287 g/mol. The number of likely N-dealkylation sites (N-methyl/N-ethyl adjacent to an activating group) is 1. The maximum Gasteiger partial charge on any atom is 0.243 e. The highest BCUT2D eigenvalue weighted by molar-refractivity contribution is 5.99. The first kappa shape index (κ1) is 15.3. The van der Waals surface area contributed by atoms with Crippen molar-refractivity contribution < 1.29 is 9.59 Å². The summed E-state index contributed by atoms with van der Waals surface area (Å²) in [5, 5.41) is 2.84. The molecular weight excluding hydrogens is 266 g/mol. The Hall–Kier alpha value is -2.14. The number of anilines is 1. The number of rotatable bonds is 6. The van der Waals surface area contributed by atoms with E-state index in [1.54, 1.807) is 11.0 Å². The summed E-state index contributed by atoms with van der Waals surface area (Å²) in [4.78, 5) is 26.8. The first-order chi connectivity index (χ1) is 10.1. The molecule has 0 spiro atoms. The Morgan fingerprint density at radius 2 is 2.24 bits per heavy atom. The molecule has 2 rings (SSSR count). The van der Waals surface area contributed by atoms with Crippen LogP contribution in [0.15, 0.2) is 36.4 Å². The van der Waals surface area contributed by atoms with Gasteiger partial charge in [-0.25, -0.2) is 0 Å². The predicted octanol–water partition coefficient (Wildman–Crippen LogP) is 1.16. The van der Waals surface area contributed by atoms with Gasteiger partial charge in [0.2, 0.25) is 11.8 Å². The van der Waals surface area contributed by atoms with Crippen molar-refractivity contribution in [2.45, 2.75) is 13.0 Å². The van der Waals surface area contributed by atoms with Gasteiger partial charge in [-0.15, -0.1) is 0 Å². The summed E-state index contributed by atoms with van der Waals surface area (Å²) in [5.74, 6) is 0.0464. The van der Waals surface area contributed by atoms with Crippen molar-refractivity contribution >= 4 is 17.5 Å². The largest absolute Gasteiger partial charge is 0.348 e. The van der Waals surface area contributed by atoms with Crippen LogP contribution in [-0.4, -0.2) is 43.9 Å². The van der Waals surface area contributed by atoms with Crippen LogP contribution >= 0.6 is 0 Å². The van der Waals surface area contributed by atoms with E-state index in [0.29, 0.717) is 13.0 Å². The van der Waals surface area contributed by atoms with Gasteiger partial charge in [0, 0.05) is 37.8 Å². The number of β-lactam (4-membered cyclic amide) rings is 1. The van der Waals surface area contributed by atoms with E-state index in [2.05, 4.69) is 5.32 Å². The number of hydrogen-bond donors (Lipinski definition) is 1. The van der Waals surface area contributed by atoms with Gasteiger partial charge in [-0.2, -0.15) is 0 Å². The van der Waals surface area contributed by atoms with Gasteiger partial charge in [0.1, 0.15) is 0 Å². The first-order valence-electron chi connectivity index (χ1n) is 7.04. The molecule has 0 saturated carbocycles. The average Bonchev–Trinajstić information content (AvgIpc) is 2.43. The second kappa shape index (κ2) is 7.04. The molecule has 0 atom stereocenters. The normalized spacial score (nSPS) is 14.6. The van der Waals surface area contributed by atoms with Crippen LogP contribution in [0.4, 0.5) is 5.69 Å². The molecule has 1 heterocycles. The minimum Gasteiger partial charge on any atom is -0.348 e. The van der Waals surface area contributed by atoms with Gasteiger partial charge in [0.15, 0.2) is 0 Å². The fraction of sp³-hybridized carbons (Fsp3) is 0.375. The monoisotopic (exact) mass is 287 g/mol. The van der Waals surface area contributed by atoms with Gasteiger partial charge < -0.3 is 15.1 Å². The SMILES string of the molecule is CN(C)C/C=C/C(=O)NCc1cccc(N2CCC2=O)c1. The molecule has 5 nitrogen and oxygen atoms in total. The molecule has 0 bridgehead atoms. The van der Waals surface area contributed by atoms with Crippen molar-refractivity contribution in [3.63, 3.8) is 0 Å². The van der Waals surface area contributed by atoms with Crippen LogP contribution in [0, 0.1) is 0 Å². The van der Waals surface area contributed by atoms with Gasteiger partial charge in [-0.1, -0.05) is 18.2 Å². The minimum atomic E-state index is -0.109. The van der Waals surface area contributed by atoms with Crippen LogP contribution in [0.5, 0.6) is 0 Å². The van der Waals surface area contributed by atoms with E-state index >= 15 is 0 Å². The molecule has 1 aromatic rings. The van der Waals surface area contributed by atoms with Gasteiger partial charge in [0.05, 0.1) is 0 Å². The topological polar surface area (TPSA) is 52.7 Å². The molecule has 112 valence electrons. The maximum absolute atomic E-state index is 11.7. The Balaban J connectivity index is 1.85. The second-order valence-corrected chi connectivity index (χ2v) is 5.35. The summed E-state index contributed by atoms with van der Waals surface area (Å²) >= 11 is 0. The maximum atomic E-state index is 11.7. The number of nitrogens with one attached hydrogen (secondary N) is 1. The number of carbonyl (C=O) groups is 2. The summed E-state index contributed by atoms with van der Waals surface area (Å²) in [5.41, 5.74) is 1.89. The van der Waals surface area contributed by atoms with Crippen molar-refractivity contribution in [3.05, 3.63) is 42.0 Å². The van der Waals surface area contributed by atoms with Crippen LogP contribution in [0.2, 0.25) is 0 Å². The molecule has 21 heavy (non-hydrogen) atoms. The Kier molecular flexibility index (Phi) is 5.11. The summed E-state index contributed by atoms with van der Waals surface area (Å²) in [6.45, 7) is 1.98. The third-order valence-electron chi connectivity index (χ3n) is 3.28. The number of nitrogens with zero attached hydrogens (tertiary/aromatic N) is 2. The standard InChI is InChI=1S/C16H21N3O2/c1-18(2)9-4-7-15(20)17-12-13-5-3-6-14(11-13)19-10-8-16(19)21/h3-7,11H,8-10,12H2,1-2H3,(H,17,20)/b7-4+. The Labute approximate surface area is 125 Å². The Bertz CT molecular complexity index is 552. The molecule has 0 aliphatic carbocycles. The van der Waals surface area contributed by atoms with Gasteiger partial charge in [-0.05, 0) is 31.8 Å². The lowest BCUT2D eigenvalue weighted by atomic mass is 10.1. The van der Waals surface area contributed by atoms with Crippen molar-refractivity contribution in [2.24, 2.45) is 0 Å². The lowest BCUT2D eigenvalue weighted by Gasteiger charge is -2.30. The van der Waals surface area contributed by atoms with Crippen LogP contribution < -0.4 is 10.2 Å². The molecule has 1 aliphatic heterocycles. The molecule has 0 unspecified atom stereocenters. The van der Waals surface area contributed by atoms with Gasteiger partial charge in [-0.3, -0.25) is 9.59 Å². The number of hydrogen-bond acceptors (Lipinski definition) is 3. The van der Waals surface area contributed by atoms with Crippen LogP contribution in [0.3, 0.4) is 0 Å². The van der Waals surface area contributed by atoms with Crippen LogP contribution in [-0.2, 0) is 16.1 Å². The van der Waals surface area contributed by atoms with Crippen molar-refractivity contribution in [3.8, 4) is 0 Å². The van der Waals surface area contributed by atoms with Gasteiger partial charge in [0.25, 0.3) is 0 Å². The fourth-order valence-electron chi connectivity index (χ4n) is 2.04. The van der Waals surface area contributed by atoms with E-state index in [4.69, 9.17) is 0 Å². The molecule has 2 amide bonds. The Morgan fingerprint density at radius 1 is 1.43 bits per heavy atom. The molecule has 1 saturated heterocycles. The zero-order chi connectivity index (χ0) is 15.2. The van der Waals surface area contributed by atoms with E-state index in [9.17, 15) is 9.59 Å². The van der Waals surface area contributed by atoms with Crippen molar-refractivity contribution in [1.82, 2.24) is 10.2 Å². The first-order valence-corrected chi connectivity index (χ1v) is 7.04. The predicted molar refractivity (Wildman–Crippen MR) is 83.0 cm³/mol. The minimum absolute atomic E-state index is 0.109. The number of carbonyl (C=O) groups excluding carboxylic acids is 2. The van der Waals surface area contributed by atoms with Crippen LogP contribution in [0.25, 0.3) is 0 Å². The van der Waals surface area contributed by atoms with Crippen molar-refractivity contribution in [2.75, 3.05) is 32.1 Å². The number of benzene rings is 1. The highest BCUT2D eigenvalue weighted by atomic mass is 16.2. The summed E-state index contributed by atoms with van der Waals surface area (Å²) in [6.07, 6.45) is 3.99. The summed E-state index contributed by atoms with van der Waals surface area (Å²) < 4.78 is 0. The van der Waals surface area contributed by atoms with Crippen LogP contribution in [0.1, 0.15) is 12.0 Å². The second-order valence-electron chi connectivity index (χ2n) is 5.35. The summed E-state index contributed by atoms with van der Waals surface area (Å²) in [6, 6.07) is 7.71. The smallest absolute Gasteiger partial charge is 0.243 e. The molecule has 1 aromatic carbocycles. The third-order valence-corrected chi connectivity index (χ3v) is 3.28. The number of amides is 2. The molecule has 0 radical (unpaired) electrons.